The monoisotopic (exact) mass is 288 g/mol. The fourth-order valence-electron chi connectivity index (χ4n) is 1.52. The Labute approximate surface area is 114 Å². The third-order valence-corrected chi connectivity index (χ3v) is 3.96. The molecule has 6 heteroatoms. The highest BCUT2D eigenvalue weighted by Crippen LogP contribution is 2.03. The van der Waals surface area contributed by atoms with Gasteiger partial charge in [-0.1, -0.05) is 26.0 Å². The first-order valence-electron chi connectivity index (χ1n) is 6.34. The first-order valence-corrected chi connectivity index (χ1v) is 7.99. The Morgan fingerprint density at radius 2 is 1.84 bits per heavy atom. The number of nitrogens with one attached hydrogen (secondary N) is 2. The van der Waals surface area contributed by atoms with Crippen molar-refractivity contribution in [1.82, 2.24) is 10.0 Å². The van der Waals surface area contributed by atoms with Gasteiger partial charge in [-0.2, -0.15) is 0 Å². The van der Waals surface area contributed by atoms with Gasteiger partial charge in [0.05, 0.1) is 5.75 Å². The number of rotatable bonds is 8. The Balaban J connectivity index is 2.32. The highest BCUT2D eigenvalue weighted by Gasteiger charge is 2.09. The van der Waals surface area contributed by atoms with Gasteiger partial charge in [0.25, 0.3) is 0 Å². The highest BCUT2D eigenvalue weighted by molar-refractivity contribution is 7.89. The van der Waals surface area contributed by atoms with Crippen molar-refractivity contribution in [2.45, 2.75) is 32.9 Å². The van der Waals surface area contributed by atoms with Crippen molar-refractivity contribution in [1.29, 1.82) is 0 Å². The summed E-state index contributed by atoms with van der Waals surface area (Å²) in [7, 11) is -3.27. The standard InChI is InChI=1S/C13H21FN2O2S/c1-11(2)15-8-3-9-19(17,18)16-10-12-4-6-13(14)7-5-12/h4-7,11,15-16H,3,8-10H2,1-2H3. The first kappa shape index (κ1) is 16.1. The van der Waals surface area contributed by atoms with Crippen LogP contribution in [0.2, 0.25) is 0 Å². The van der Waals surface area contributed by atoms with Crippen LogP contribution in [0.4, 0.5) is 4.39 Å². The van der Waals surface area contributed by atoms with E-state index in [0.29, 0.717) is 19.0 Å². The molecule has 0 aliphatic rings. The summed E-state index contributed by atoms with van der Waals surface area (Å²) in [4.78, 5) is 0. The van der Waals surface area contributed by atoms with Crippen LogP contribution < -0.4 is 10.0 Å². The minimum Gasteiger partial charge on any atom is -0.314 e. The molecule has 1 aromatic carbocycles. The van der Waals surface area contributed by atoms with Gasteiger partial charge in [-0.15, -0.1) is 0 Å². The molecule has 0 saturated heterocycles. The van der Waals surface area contributed by atoms with Crippen molar-refractivity contribution in [2.75, 3.05) is 12.3 Å². The van der Waals surface area contributed by atoms with Gasteiger partial charge in [0.1, 0.15) is 5.82 Å². The molecule has 0 aliphatic heterocycles. The zero-order valence-electron chi connectivity index (χ0n) is 11.3. The van der Waals surface area contributed by atoms with Gasteiger partial charge in [0, 0.05) is 12.6 Å². The Kier molecular flexibility index (Phi) is 6.41. The SMILES string of the molecule is CC(C)NCCCS(=O)(=O)NCc1ccc(F)cc1. The predicted molar refractivity (Wildman–Crippen MR) is 74.8 cm³/mol. The topological polar surface area (TPSA) is 58.2 Å². The Bertz CT molecular complexity index is 472. The summed E-state index contributed by atoms with van der Waals surface area (Å²) in [6.45, 7) is 4.90. The average molecular weight is 288 g/mol. The fourth-order valence-corrected chi connectivity index (χ4v) is 2.58. The van der Waals surface area contributed by atoms with Gasteiger partial charge in [-0.25, -0.2) is 17.5 Å². The van der Waals surface area contributed by atoms with Crippen molar-refractivity contribution in [3.8, 4) is 0 Å². The largest absolute Gasteiger partial charge is 0.314 e. The van der Waals surface area contributed by atoms with Crippen molar-refractivity contribution >= 4 is 10.0 Å². The molecule has 0 atom stereocenters. The molecule has 0 aliphatic carbocycles. The van der Waals surface area contributed by atoms with E-state index in [1.807, 2.05) is 13.8 Å². The third kappa shape index (κ3) is 7.25. The highest BCUT2D eigenvalue weighted by atomic mass is 32.2. The summed E-state index contributed by atoms with van der Waals surface area (Å²) in [6.07, 6.45) is 0.566. The van der Waals surface area contributed by atoms with Crippen LogP contribution in [0, 0.1) is 5.82 Å². The summed E-state index contributed by atoms with van der Waals surface area (Å²) in [5.41, 5.74) is 0.741. The minimum atomic E-state index is -3.27. The number of hydrogen-bond acceptors (Lipinski definition) is 3. The van der Waals surface area contributed by atoms with E-state index in [0.717, 1.165) is 5.56 Å². The molecule has 0 radical (unpaired) electrons. The average Bonchev–Trinajstić information content (AvgIpc) is 2.34. The van der Waals surface area contributed by atoms with Crippen LogP contribution in [0.15, 0.2) is 24.3 Å². The van der Waals surface area contributed by atoms with Crippen LogP contribution in [-0.2, 0) is 16.6 Å². The number of halogens is 1. The summed E-state index contributed by atoms with van der Waals surface area (Å²) in [6, 6.07) is 6.12. The lowest BCUT2D eigenvalue weighted by Gasteiger charge is -2.09. The molecule has 0 spiro atoms. The van der Waals surface area contributed by atoms with Gasteiger partial charge in [-0.05, 0) is 30.7 Å². The van der Waals surface area contributed by atoms with Crippen molar-refractivity contribution in [3.63, 3.8) is 0 Å². The first-order chi connectivity index (χ1) is 8.89. The molecular formula is C13H21FN2O2S. The van der Waals surface area contributed by atoms with Crippen molar-refractivity contribution in [3.05, 3.63) is 35.6 Å². The number of sulfonamides is 1. The van der Waals surface area contributed by atoms with E-state index in [9.17, 15) is 12.8 Å². The minimum absolute atomic E-state index is 0.0912. The second-order valence-corrected chi connectivity index (χ2v) is 6.66. The second-order valence-electron chi connectivity index (χ2n) is 4.73. The van der Waals surface area contributed by atoms with E-state index in [-0.39, 0.29) is 18.1 Å². The normalized spacial score (nSPS) is 12.0. The quantitative estimate of drug-likeness (QED) is 0.715. The lowest BCUT2D eigenvalue weighted by Crippen LogP contribution is -2.29. The summed E-state index contributed by atoms with van der Waals surface area (Å²) in [5, 5.41) is 3.16. The van der Waals surface area contributed by atoms with Crippen molar-refractivity contribution < 1.29 is 12.8 Å². The molecule has 0 saturated carbocycles. The van der Waals surface area contributed by atoms with E-state index < -0.39 is 10.0 Å². The van der Waals surface area contributed by atoms with Crippen LogP contribution in [0.5, 0.6) is 0 Å². The molecular weight excluding hydrogens is 267 g/mol. The third-order valence-electron chi connectivity index (χ3n) is 2.55. The molecule has 1 aromatic rings. The van der Waals surface area contributed by atoms with E-state index in [1.54, 1.807) is 12.1 Å². The molecule has 0 amide bonds. The lowest BCUT2D eigenvalue weighted by atomic mass is 10.2. The molecule has 0 heterocycles. The van der Waals surface area contributed by atoms with E-state index in [2.05, 4.69) is 10.0 Å². The van der Waals surface area contributed by atoms with Crippen LogP contribution in [0.1, 0.15) is 25.8 Å². The second kappa shape index (κ2) is 7.57. The lowest BCUT2D eigenvalue weighted by molar-refractivity contribution is 0.560. The van der Waals surface area contributed by atoms with E-state index >= 15 is 0 Å². The number of hydrogen-bond donors (Lipinski definition) is 2. The molecule has 0 unspecified atom stereocenters. The predicted octanol–water partition coefficient (Wildman–Crippen LogP) is 1.63. The molecule has 0 bridgehead atoms. The summed E-state index contributed by atoms with van der Waals surface area (Å²) in [5.74, 6) is -0.236. The van der Waals surface area contributed by atoms with Gasteiger partial charge in [0.2, 0.25) is 10.0 Å². The van der Waals surface area contributed by atoms with Crippen LogP contribution in [0.3, 0.4) is 0 Å². The maximum atomic E-state index is 12.7. The Hall–Kier alpha value is -0.980. The maximum Gasteiger partial charge on any atom is 0.211 e. The molecule has 4 nitrogen and oxygen atoms in total. The molecule has 1 rings (SSSR count). The van der Waals surface area contributed by atoms with E-state index in [1.165, 1.54) is 12.1 Å². The maximum absolute atomic E-state index is 12.7. The van der Waals surface area contributed by atoms with Crippen LogP contribution >= 0.6 is 0 Å². The zero-order chi connectivity index (χ0) is 14.3. The van der Waals surface area contributed by atoms with Crippen LogP contribution in [-0.4, -0.2) is 26.8 Å². The molecule has 2 N–H and O–H groups in total. The Morgan fingerprint density at radius 3 is 2.42 bits per heavy atom. The van der Waals surface area contributed by atoms with Gasteiger partial charge in [0.15, 0.2) is 0 Å². The fraction of sp³-hybridized carbons (Fsp3) is 0.538. The Morgan fingerprint density at radius 1 is 1.21 bits per heavy atom. The van der Waals surface area contributed by atoms with Gasteiger partial charge < -0.3 is 5.32 Å². The number of benzene rings is 1. The van der Waals surface area contributed by atoms with E-state index in [4.69, 9.17) is 0 Å². The summed E-state index contributed by atoms with van der Waals surface area (Å²) < 4.78 is 38.6. The molecule has 0 fully saturated rings. The van der Waals surface area contributed by atoms with Gasteiger partial charge in [-0.3, -0.25) is 0 Å². The molecule has 19 heavy (non-hydrogen) atoms. The van der Waals surface area contributed by atoms with Gasteiger partial charge >= 0.3 is 0 Å². The molecule has 108 valence electrons. The van der Waals surface area contributed by atoms with Crippen molar-refractivity contribution in [2.24, 2.45) is 0 Å². The zero-order valence-corrected chi connectivity index (χ0v) is 12.1. The summed E-state index contributed by atoms with van der Waals surface area (Å²) >= 11 is 0. The van der Waals surface area contributed by atoms with Crippen LogP contribution in [0.25, 0.3) is 0 Å². The molecule has 0 aromatic heterocycles. The smallest absolute Gasteiger partial charge is 0.211 e.